The summed E-state index contributed by atoms with van der Waals surface area (Å²) in [6, 6.07) is 0. The molecule has 0 aliphatic carbocycles. The van der Waals surface area contributed by atoms with E-state index in [0.717, 1.165) is 0 Å². The predicted molar refractivity (Wildman–Crippen MR) is 48.2 cm³/mol. The van der Waals surface area contributed by atoms with Gasteiger partial charge in [0.15, 0.2) is 5.08 Å². The standard InChI is InChI=1S/C3H2Br4F2/c4-1(2(5)8)3(6,7)9/h1-2H. The van der Waals surface area contributed by atoms with Crippen molar-refractivity contribution in [3.63, 3.8) is 0 Å². The Labute approximate surface area is 85.3 Å². The maximum absolute atomic E-state index is 12.5. The average molecular weight is 396 g/mol. The number of hydrogen-bond donors (Lipinski definition) is 0. The SMILES string of the molecule is FC(Br)C(Br)C(F)(Br)Br. The van der Waals surface area contributed by atoms with E-state index in [9.17, 15) is 8.78 Å². The van der Waals surface area contributed by atoms with Gasteiger partial charge in [-0.1, -0.05) is 31.9 Å². The van der Waals surface area contributed by atoms with E-state index in [-0.39, 0.29) is 0 Å². The van der Waals surface area contributed by atoms with Crippen LogP contribution in [-0.4, -0.2) is 13.4 Å². The van der Waals surface area contributed by atoms with Gasteiger partial charge in [-0.25, -0.2) is 8.78 Å². The average Bonchev–Trinajstić information content (AvgIpc) is 1.62. The number of halogens is 6. The lowest BCUT2D eigenvalue weighted by molar-refractivity contribution is 0.351. The monoisotopic (exact) mass is 392 g/mol. The zero-order valence-corrected chi connectivity index (χ0v) is 10.3. The molecule has 0 aliphatic heterocycles. The fourth-order valence-electron chi connectivity index (χ4n) is 0.143. The molecule has 0 bridgehead atoms. The van der Waals surface area contributed by atoms with E-state index in [1.807, 2.05) is 0 Å². The molecule has 0 heterocycles. The van der Waals surface area contributed by atoms with E-state index in [4.69, 9.17) is 0 Å². The first-order chi connectivity index (χ1) is 3.85. The van der Waals surface area contributed by atoms with Crippen molar-refractivity contribution in [2.75, 3.05) is 0 Å². The molecule has 0 radical (unpaired) electrons. The Bertz CT molecular complexity index is 88.3. The van der Waals surface area contributed by atoms with Gasteiger partial charge in [-0.3, -0.25) is 0 Å². The van der Waals surface area contributed by atoms with Crippen LogP contribution in [0.3, 0.4) is 0 Å². The summed E-state index contributed by atoms with van der Waals surface area (Å²) in [4.78, 5) is -0.954. The van der Waals surface area contributed by atoms with E-state index in [0.29, 0.717) is 0 Å². The highest BCUT2D eigenvalue weighted by Gasteiger charge is 2.36. The lowest BCUT2D eigenvalue weighted by Gasteiger charge is -2.16. The minimum absolute atomic E-state index is 0.954. The highest BCUT2D eigenvalue weighted by Crippen LogP contribution is 2.40. The first kappa shape index (κ1) is 10.8. The Morgan fingerprint density at radius 2 is 1.56 bits per heavy atom. The van der Waals surface area contributed by atoms with E-state index < -0.39 is 13.4 Å². The third kappa shape index (κ3) is 4.27. The summed E-state index contributed by atoms with van der Waals surface area (Å²) in [7, 11) is 0. The fraction of sp³-hybridized carbons (Fsp3) is 1.00. The van der Waals surface area contributed by atoms with Gasteiger partial charge in [-0.2, -0.15) is 0 Å². The molecule has 0 aromatic heterocycles. The second kappa shape index (κ2) is 3.97. The van der Waals surface area contributed by atoms with Crippen molar-refractivity contribution in [1.82, 2.24) is 0 Å². The van der Waals surface area contributed by atoms with Crippen molar-refractivity contribution in [3.8, 4) is 0 Å². The van der Waals surface area contributed by atoms with Gasteiger partial charge < -0.3 is 0 Å². The maximum atomic E-state index is 12.5. The lowest BCUT2D eigenvalue weighted by Crippen LogP contribution is -2.25. The zero-order chi connectivity index (χ0) is 7.65. The molecule has 0 spiro atoms. The van der Waals surface area contributed by atoms with E-state index in [2.05, 4.69) is 63.7 Å². The van der Waals surface area contributed by atoms with Crippen molar-refractivity contribution < 1.29 is 8.78 Å². The first-order valence-corrected chi connectivity index (χ1v) is 5.26. The molecule has 0 nitrogen and oxygen atoms in total. The van der Waals surface area contributed by atoms with Crippen LogP contribution in [0.2, 0.25) is 0 Å². The molecule has 9 heavy (non-hydrogen) atoms. The normalized spacial score (nSPS) is 19.3. The molecule has 0 saturated heterocycles. The van der Waals surface area contributed by atoms with Gasteiger partial charge in [0.25, 0.3) is 0 Å². The summed E-state index contributed by atoms with van der Waals surface area (Å²) < 4.78 is 22.8. The topological polar surface area (TPSA) is 0 Å². The van der Waals surface area contributed by atoms with Crippen molar-refractivity contribution in [3.05, 3.63) is 0 Å². The third-order valence-corrected chi connectivity index (χ3v) is 5.08. The Kier molecular flexibility index (Phi) is 4.76. The van der Waals surface area contributed by atoms with Gasteiger partial charge in [0, 0.05) is 0 Å². The number of rotatable bonds is 2. The highest BCUT2D eigenvalue weighted by molar-refractivity contribution is 9.26. The molecule has 0 N–H and O–H groups in total. The molecule has 2 unspecified atom stereocenters. The van der Waals surface area contributed by atoms with Gasteiger partial charge in [0.1, 0.15) is 4.83 Å². The first-order valence-electron chi connectivity index (χ1n) is 1.84. The quantitative estimate of drug-likeness (QED) is 0.623. The molecule has 0 fully saturated rings. The molecule has 0 amide bonds. The predicted octanol–water partition coefficient (Wildman–Crippen LogP) is 3.85. The molecule has 6 heteroatoms. The Balaban J connectivity index is 3.88. The second-order valence-electron chi connectivity index (χ2n) is 1.28. The Morgan fingerprint density at radius 3 is 1.56 bits per heavy atom. The smallest absolute Gasteiger partial charge is 0.234 e. The van der Waals surface area contributed by atoms with Crippen LogP contribution in [0.4, 0.5) is 8.78 Å². The second-order valence-corrected chi connectivity index (χ2v) is 6.51. The van der Waals surface area contributed by atoms with Crippen molar-refractivity contribution in [2.45, 2.75) is 13.4 Å². The maximum Gasteiger partial charge on any atom is 0.234 e. The van der Waals surface area contributed by atoms with Crippen LogP contribution in [-0.2, 0) is 0 Å². The van der Waals surface area contributed by atoms with Crippen LogP contribution in [0.1, 0.15) is 0 Å². The van der Waals surface area contributed by atoms with Gasteiger partial charge in [-0.05, 0) is 31.9 Å². The number of alkyl halides is 6. The van der Waals surface area contributed by atoms with E-state index >= 15 is 0 Å². The molecular weight excluding hydrogens is 394 g/mol. The Morgan fingerprint density at radius 1 is 1.22 bits per heavy atom. The largest absolute Gasteiger partial charge is 0.234 e. The van der Waals surface area contributed by atoms with Gasteiger partial charge in [-0.15, -0.1) is 0 Å². The van der Waals surface area contributed by atoms with Crippen LogP contribution in [0.15, 0.2) is 0 Å². The minimum Gasteiger partial charge on any atom is -0.234 e. The summed E-state index contributed by atoms with van der Waals surface area (Å²) >= 11 is 10.5. The summed E-state index contributed by atoms with van der Waals surface area (Å²) in [6.07, 6.45) is 0. The van der Waals surface area contributed by atoms with E-state index in [1.165, 1.54) is 0 Å². The van der Waals surface area contributed by atoms with Crippen LogP contribution >= 0.6 is 63.7 Å². The van der Waals surface area contributed by atoms with E-state index in [1.54, 1.807) is 0 Å². The van der Waals surface area contributed by atoms with Crippen LogP contribution in [0, 0.1) is 0 Å². The minimum atomic E-state index is -1.90. The number of hydrogen-bond acceptors (Lipinski definition) is 0. The zero-order valence-electron chi connectivity index (χ0n) is 3.92. The van der Waals surface area contributed by atoms with Crippen LogP contribution in [0.25, 0.3) is 0 Å². The van der Waals surface area contributed by atoms with Crippen LogP contribution in [0.5, 0.6) is 0 Å². The van der Waals surface area contributed by atoms with Crippen molar-refractivity contribution in [1.29, 1.82) is 0 Å². The molecule has 0 aromatic rings. The van der Waals surface area contributed by atoms with Gasteiger partial charge in [0.05, 0.1) is 0 Å². The van der Waals surface area contributed by atoms with Gasteiger partial charge in [0.2, 0.25) is 3.49 Å². The highest BCUT2D eigenvalue weighted by atomic mass is 79.9. The Hall–Kier alpha value is 1.78. The lowest BCUT2D eigenvalue weighted by atomic mass is 10.5. The molecular formula is C3H2Br4F2. The summed E-state index contributed by atoms with van der Waals surface area (Å²) in [5.41, 5.74) is 0. The molecule has 0 aromatic carbocycles. The summed E-state index contributed by atoms with van der Waals surface area (Å²) in [5, 5.41) is -1.43. The molecule has 56 valence electrons. The molecule has 0 aliphatic rings. The van der Waals surface area contributed by atoms with Crippen molar-refractivity contribution >= 4 is 63.7 Å². The third-order valence-electron chi connectivity index (χ3n) is 0.534. The van der Waals surface area contributed by atoms with Crippen molar-refractivity contribution in [2.24, 2.45) is 0 Å². The fourth-order valence-corrected chi connectivity index (χ4v) is 1.68. The molecule has 0 saturated carbocycles. The molecule has 2 atom stereocenters. The molecule has 0 rings (SSSR count). The summed E-state index contributed by atoms with van der Waals surface area (Å²) in [6.45, 7) is 0. The summed E-state index contributed by atoms with van der Waals surface area (Å²) in [5.74, 6) is 0. The van der Waals surface area contributed by atoms with Gasteiger partial charge >= 0.3 is 0 Å². The van der Waals surface area contributed by atoms with Crippen LogP contribution < -0.4 is 0 Å².